The van der Waals surface area contributed by atoms with E-state index in [1.807, 2.05) is 6.07 Å². The molecule has 0 bridgehead atoms. The second-order valence-electron chi connectivity index (χ2n) is 4.80. The molecule has 2 aromatic carbocycles. The molecule has 2 rings (SSSR count). The lowest BCUT2D eigenvalue weighted by molar-refractivity contribution is -0.123. The minimum Gasteiger partial charge on any atom is -0.484 e. The summed E-state index contributed by atoms with van der Waals surface area (Å²) in [6.45, 7) is 0.240. The van der Waals surface area contributed by atoms with Gasteiger partial charge in [0.25, 0.3) is 11.8 Å². The van der Waals surface area contributed by atoms with Crippen LogP contribution in [0.1, 0.15) is 15.9 Å². The van der Waals surface area contributed by atoms with E-state index in [2.05, 4.69) is 10.6 Å². The van der Waals surface area contributed by atoms with Gasteiger partial charge >= 0.3 is 0 Å². The third-order valence-electron chi connectivity index (χ3n) is 3.09. The second-order valence-corrected chi connectivity index (χ2v) is 5.24. The fourth-order valence-electron chi connectivity index (χ4n) is 1.90. The summed E-state index contributed by atoms with van der Waals surface area (Å²) < 4.78 is 5.36. The highest BCUT2D eigenvalue weighted by molar-refractivity contribution is 6.30. The van der Waals surface area contributed by atoms with Crippen LogP contribution >= 0.6 is 11.6 Å². The molecule has 0 radical (unpaired) electrons. The largest absolute Gasteiger partial charge is 0.484 e. The van der Waals surface area contributed by atoms with E-state index in [9.17, 15) is 9.59 Å². The van der Waals surface area contributed by atoms with E-state index in [1.54, 1.807) is 49.5 Å². The minimum absolute atomic E-state index is 0.0865. The van der Waals surface area contributed by atoms with Gasteiger partial charge in [-0.15, -0.1) is 0 Å². The zero-order valence-corrected chi connectivity index (χ0v) is 13.4. The Morgan fingerprint density at radius 3 is 2.57 bits per heavy atom. The highest BCUT2D eigenvalue weighted by Crippen LogP contribution is 2.15. The number of carbonyl (C=O) groups is 2. The number of nitrogens with one attached hydrogen (secondary N) is 2. The fraction of sp³-hybridized carbons (Fsp3) is 0.176. The van der Waals surface area contributed by atoms with Gasteiger partial charge in [-0.05, 0) is 42.0 Å². The van der Waals surface area contributed by atoms with Crippen LogP contribution in [-0.2, 0) is 11.3 Å². The summed E-state index contributed by atoms with van der Waals surface area (Å²) in [5, 5.41) is 5.91. The molecule has 0 aliphatic carbocycles. The first-order valence-electron chi connectivity index (χ1n) is 7.04. The van der Waals surface area contributed by atoms with Gasteiger partial charge in [0.15, 0.2) is 6.61 Å². The maximum atomic E-state index is 11.8. The molecular weight excluding hydrogens is 316 g/mol. The van der Waals surface area contributed by atoms with Crippen LogP contribution in [0.4, 0.5) is 0 Å². The second kappa shape index (κ2) is 8.19. The quantitative estimate of drug-likeness (QED) is 0.853. The number of amides is 2. The monoisotopic (exact) mass is 332 g/mol. The third-order valence-corrected chi connectivity index (χ3v) is 3.34. The molecule has 0 aliphatic rings. The van der Waals surface area contributed by atoms with Gasteiger partial charge in [0.2, 0.25) is 0 Å². The molecule has 120 valence electrons. The molecule has 0 atom stereocenters. The normalized spacial score (nSPS) is 10.0. The fourth-order valence-corrected chi connectivity index (χ4v) is 2.02. The highest BCUT2D eigenvalue weighted by atomic mass is 35.5. The van der Waals surface area contributed by atoms with Crippen molar-refractivity contribution >= 4 is 23.4 Å². The molecule has 0 saturated heterocycles. The topological polar surface area (TPSA) is 67.4 Å². The molecule has 0 heterocycles. The Morgan fingerprint density at radius 1 is 1.13 bits per heavy atom. The summed E-state index contributed by atoms with van der Waals surface area (Å²) in [6.07, 6.45) is 0. The van der Waals surface area contributed by atoms with Crippen LogP contribution in [0.15, 0.2) is 48.5 Å². The Balaban J connectivity index is 1.82. The molecule has 6 heteroatoms. The number of benzene rings is 2. The van der Waals surface area contributed by atoms with Gasteiger partial charge in [0, 0.05) is 24.2 Å². The van der Waals surface area contributed by atoms with Crippen LogP contribution in [0.25, 0.3) is 0 Å². The Labute approximate surface area is 139 Å². The average Bonchev–Trinajstić information content (AvgIpc) is 2.59. The predicted octanol–water partition coefficient (Wildman–Crippen LogP) is 2.39. The number of hydrogen-bond acceptors (Lipinski definition) is 3. The number of rotatable bonds is 6. The van der Waals surface area contributed by atoms with Crippen molar-refractivity contribution in [3.63, 3.8) is 0 Å². The number of hydrogen-bond donors (Lipinski definition) is 2. The Kier molecular flexibility index (Phi) is 6.00. The molecule has 0 aromatic heterocycles. The lowest BCUT2D eigenvalue weighted by Gasteiger charge is -2.08. The molecule has 2 amide bonds. The molecule has 0 fully saturated rings. The van der Waals surface area contributed by atoms with Crippen LogP contribution in [0.5, 0.6) is 5.75 Å². The van der Waals surface area contributed by atoms with Gasteiger partial charge in [0.1, 0.15) is 5.75 Å². The summed E-state index contributed by atoms with van der Waals surface area (Å²) in [6, 6.07) is 13.8. The molecule has 2 N–H and O–H groups in total. The smallest absolute Gasteiger partial charge is 0.258 e. The first-order valence-corrected chi connectivity index (χ1v) is 7.42. The van der Waals surface area contributed by atoms with Crippen molar-refractivity contribution in [2.24, 2.45) is 0 Å². The van der Waals surface area contributed by atoms with Gasteiger partial charge in [-0.25, -0.2) is 0 Å². The van der Waals surface area contributed by atoms with Crippen molar-refractivity contribution < 1.29 is 14.3 Å². The van der Waals surface area contributed by atoms with Gasteiger partial charge in [-0.2, -0.15) is 0 Å². The van der Waals surface area contributed by atoms with E-state index in [4.69, 9.17) is 16.3 Å². The van der Waals surface area contributed by atoms with Crippen molar-refractivity contribution in [2.75, 3.05) is 13.7 Å². The van der Waals surface area contributed by atoms with Crippen molar-refractivity contribution in [1.29, 1.82) is 0 Å². The van der Waals surface area contributed by atoms with E-state index in [0.29, 0.717) is 22.9 Å². The van der Waals surface area contributed by atoms with E-state index < -0.39 is 0 Å². The van der Waals surface area contributed by atoms with Crippen LogP contribution in [0.3, 0.4) is 0 Å². The maximum absolute atomic E-state index is 11.8. The molecule has 0 unspecified atom stereocenters. The number of carbonyl (C=O) groups excluding carboxylic acids is 2. The van der Waals surface area contributed by atoms with Crippen molar-refractivity contribution in [2.45, 2.75) is 6.54 Å². The SMILES string of the molecule is CNC(=O)c1cccc(CNC(=O)COc2ccc(Cl)cc2)c1. The molecule has 0 aliphatic heterocycles. The van der Waals surface area contributed by atoms with Crippen molar-refractivity contribution in [1.82, 2.24) is 10.6 Å². The Hall–Kier alpha value is -2.53. The third kappa shape index (κ3) is 5.30. The van der Waals surface area contributed by atoms with Gasteiger partial charge in [-0.3, -0.25) is 9.59 Å². The first-order chi connectivity index (χ1) is 11.1. The average molecular weight is 333 g/mol. The zero-order valence-electron chi connectivity index (χ0n) is 12.6. The maximum Gasteiger partial charge on any atom is 0.258 e. The predicted molar refractivity (Wildman–Crippen MR) is 88.6 cm³/mol. The lowest BCUT2D eigenvalue weighted by Crippen LogP contribution is -2.28. The van der Waals surface area contributed by atoms with E-state index in [-0.39, 0.29) is 18.4 Å². The molecule has 23 heavy (non-hydrogen) atoms. The first kappa shape index (κ1) is 16.8. The molecule has 2 aromatic rings. The lowest BCUT2D eigenvalue weighted by atomic mass is 10.1. The van der Waals surface area contributed by atoms with Gasteiger partial charge in [0.05, 0.1) is 0 Å². The molecule has 0 spiro atoms. The number of halogens is 1. The molecule has 5 nitrogen and oxygen atoms in total. The van der Waals surface area contributed by atoms with E-state index >= 15 is 0 Å². The summed E-state index contributed by atoms with van der Waals surface area (Å²) in [4.78, 5) is 23.3. The van der Waals surface area contributed by atoms with Crippen molar-refractivity contribution in [3.8, 4) is 5.75 Å². The molecular formula is C17H17ClN2O3. The Bertz CT molecular complexity index is 686. The molecule has 0 saturated carbocycles. The van der Waals surface area contributed by atoms with Crippen molar-refractivity contribution in [3.05, 3.63) is 64.7 Å². The standard InChI is InChI=1S/C17H17ClN2O3/c1-19-17(22)13-4-2-3-12(9-13)10-20-16(21)11-23-15-7-5-14(18)6-8-15/h2-9H,10-11H2,1H3,(H,19,22)(H,20,21). The summed E-state index contributed by atoms with van der Waals surface area (Å²) in [7, 11) is 1.57. The van der Waals surface area contributed by atoms with Crippen LogP contribution < -0.4 is 15.4 Å². The zero-order chi connectivity index (χ0) is 16.7. The minimum atomic E-state index is -0.245. The van der Waals surface area contributed by atoms with Crippen LogP contribution in [0, 0.1) is 0 Å². The van der Waals surface area contributed by atoms with E-state index in [0.717, 1.165) is 5.56 Å². The highest BCUT2D eigenvalue weighted by Gasteiger charge is 2.06. The number of ether oxygens (including phenoxy) is 1. The summed E-state index contributed by atoms with van der Waals surface area (Å²) in [5.74, 6) is 0.167. The summed E-state index contributed by atoms with van der Waals surface area (Å²) >= 11 is 5.77. The van der Waals surface area contributed by atoms with Gasteiger partial charge < -0.3 is 15.4 Å². The summed E-state index contributed by atoms with van der Waals surface area (Å²) in [5.41, 5.74) is 1.39. The van der Waals surface area contributed by atoms with Gasteiger partial charge in [-0.1, -0.05) is 23.7 Å². The van der Waals surface area contributed by atoms with E-state index in [1.165, 1.54) is 0 Å². The van der Waals surface area contributed by atoms with Crippen LogP contribution in [-0.4, -0.2) is 25.5 Å². The van der Waals surface area contributed by atoms with Crippen LogP contribution in [0.2, 0.25) is 5.02 Å². The Morgan fingerprint density at radius 2 is 1.87 bits per heavy atom.